The highest BCUT2D eigenvalue weighted by Gasteiger charge is 2.11. The second-order valence-corrected chi connectivity index (χ2v) is 4.47. The number of hydrogen-bond donors (Lipinski definition) is 0. The van der Waals surface area contributed by atoms with E-state index in [1.165, 1.54) is 7.11 Å². The van der Waals surface area contributed by atoms with Crippen LogP contribution in [0.3, 0.4) is 0 Å². The largest absolute Gasteiger partial charge is 0.496 e. The Balaban J connectivity index is 2.66. The van der Waals surface area contributed by atoms with Crippen LogP contribution in [0.25, 0.3) is 10.8 Å². The van der Waals surface area contributed by atoms with E-state index in [1.807, 2.05) is 43.3 Å². The molecular formula is C15H17NO3. The Labute approximate surface area is 112 Å². The maximum atomic E-state index is 11.6. The first-order valence-electron chi connectivity index (χ1n) is 5.94. The van der Waals surface area contributed by atoms with Crippen molar-refractivity contribution in [2.24, 2.45) is 0 Å². The Morgan fingerprint density at radius 3 is 2.42 bits per heavy atom. The van der Waals surface area contributed by atoms with Crippen molar-refractivity contribution in [3.63, 3.8) is 0 Å². The number of fused-ring (bicyclic) bond motifs is 1. The lowest BCUT2D eigenvalue weighted by Gasteiger charge is -2.15. The number of anilines is 1. The van der Waals surface area contributed by atoms with E-state index in [0.717, 1.165) is 16.5 Å². The van der Waals surface area contributed by atoms with Gasteiger partial charge in [-0.25, -0.2) is 4.79 Å². The van der Waals surface area contributed by atoms with Crippen molar-refractivity contribution in [2.45, 2.75) is 0 Å². The summed E-state index contributed by atoms with van der Waals surface area (Å²) in [6.45, 7) is 0. The Hall–Kier alpha value is -2.23. The average Bonchev–Trinajstić information content (AvgIpc) is 2.44. The number of hydrogen-bond acceptors (Lipinski definition) is 4. The molecule has 0 fully saturated rings. The summed E-state index contributed by atoms with van der Waals surface area (Å²) in [6.07, 6.45) is 0. The van der Waals surface area contributed by atoms with Crippen molar-refractivity contribution in [3.05, 3.63) is 35.9 Å². The predicted octanol–water partition coefficient (Wildman–Crippen LogP) is 2.70. The topological polar surface area (TPSA) is 38.8 Å². The molecule has 0 saturated carbocycles. The van der Waals surface area contributed by atoms with Gasteiger partial charge >= 0.3 is 5.97 Å². The molecule has 2 rings (SSSR count). The number of methoxy groups -OCH3 is 2. The molecule has 0 N–H and O–H groups in total. The molecule has 2 aromatic rings. The third kappa shape index (κ3) is 2.47. The second kappa shape index (κ2) is 5.18. The number of nitrogens with zero attached hydrogens (tertiary/aromatic N) is 1. The number of carbonyl (C=O) groups is 1. The Kier molecular flexibility index (Phi) is 3.60. The fraction of sp³-hybridized carbons (Fsp3) is 0.267. The zero-order valence-electron chi connectivity index (χ0n) is 11.6. The number of rotatable bonds is 3. The lowest BCUT2D eigenvalue weighted by atomic mass is 10.0. The molecule has 0 aromatic heterocycles. The smallest absolute Gasteiger partial charge is 0.338 e. The van der Waals surface area contributed by atoms with Gasteiger partial charge in [-0.2, -0.15) is 0 Å². The van der Waals surface area contributed by atoms with Gasteiger partial charge in [0.05, 0.1) is 19.8 Å². The van der Waals surface area contributed by atoms with E-state index in [1.54, 1.807) is 13.2 Å². The van der Waals surface area contributed by atoms with E-state index >= 15 is 0 Å². The first-order chi connectivity index (χ1) is 9.06. The Morgan fingerprint density at radius 1 is 1.11 bits per heavy atom. The van der Waals surface area contributed by atoms with Crippen LogP contribution < -0.4 is 9.64 Å². The van der Waals surface area contributed by atoms with E-state index in [9.17, 15) is 4.79 Å². The summed E-state index contributed by atoms with van der Waals surface area (Å²) in [5, 5.41) is 1.92. The van der Waals surface area contributed by atoms with Crippen molar-refractivity contribution in [1.82, 2.24) is 0 Å². The number of ether oxygens (including phenoxy) is 2. The molecule has 100 valence electrons. The van der Waals surface area contributed by atoms with E-state index in [0.29, 0.717) is 11.3 Å². The van der Waals surface area contributed by atoms with Crippen LogP contribution in [-0.4, -0.2) is 34.3 Å². The lowest BCUT2D eigenvalue weighted by molar-refractivity contribution is 0.0600. The van der Waals surface area contributed by atoms with Crippen molar-refractivity contribution in [3.8, 4) is 5.75 Å². The molecule has 0 radical (unpaired) electrons. The molecule has 0 heterocycles. The number of esters is 1. The Bertz CT molecular complexity index is 620. The molecule has 0 amide bonds. The van der Waals surface area contributed by atoms with Gasteiger partial charge < -0.3 is 14.4 Å². The molecule has 4 heteroatoms. The molecular weight excluding hydrogens is 242 g/mol. The molecule has 0 bridgehead atoms. The van der Waals surface area contributed by atoms with Gasteiger partial charge in [-0.3, -0.25) is 0 Å². The molecule has 2 aromatic carbocycles. The molecule has 0 spiro atoms. The summed E-state index contributed by atoms with van der Waals surface area (Å²) in [4.78, 5) is 13.6. The third-order valence-corrected chi connectivity index (χ3v) is 3.06. The van der Waals surface area contributed by atoms with E-state index in [2.05, 4.69) is 0 Å². The number of carbonyl (C=O) groups excluding carboxylic acids is 1. The van der Waals surface area contributed by atoms with Crippen LogP contribution in [0.2, 0.25) is 0 Å². The number of benzene rings is 2. The van der Waals surface area contributed by atoms with Gasteiger partial charge in [0.25, 0.3) is 0 Å². The normalized spacial score (nSPS) is 10.3. The standard InChI is InChI=1S/C15H17NO3/c1-16(2)12-6-5-10-7-11(15(17)19-4)8-14(18-3)13(10)9-12/h5-9H,1-4H3. The summed E-state index contributed by atoms with van der Waals surface area (Å²) in [7, 11) is 6.93. The maximum Gasteiger partial charge on any atom is 0.338 e. The van der Waals surface area contributed by atoms with Crippen molar-refractivity contribution in [1.29, 1.82) is 0 Å². The van der Waals surface area contributed by atoms with E-state index < -0.39 is 0 Å². The van der Waals surface area contributed by atoms with Crippen LogP contribution in [0, 0.1) is 0 Å². The first kappa shape index (κ1) is 13.2. The van der Waals surface area contributed by atoms with Gasteiger partial charge in [0.1, 0.15) is 5.75 Å². The highest BCUT2D eigenvalue weighted by molar-refractivity contribution is 5.99. The molecule has 19 heavy (non-hydrogen) atoms. The van der Waals surface area contributed by atoms with Crippen molar-refractivity contribution < 1.29 is 14.3 Å². The fourth-order valence-electron chi connectivity index (χ4n) is 1.99. The summed E-state index contributed by atoms with van der Waals surface area (Å²) in [6, 6.07) is 9.52. The van der Waals surface area contributed by atoms with Crippen LogP contribution >= 0.6 is 0 Å². The fourth-order valence-corrected chi connectivity index (χ4v) is 1.99. The quantitative estimate of drug-likeness (QED) is 0.794. The van der Waals surface area contributed by atoms with Crippen LogP contribution in [0.5, 0.6) is 5.75 Å². The molecule has 4 nitrogen and oxygen atoms in total. The zero-order chi connectivity index (χ0) is 14.0. The van der Waals surface area contributed by atoms with Crippen LogP contribution in [0.15, 0.2) is 30.3 Å². The predicted molar refractivity (Wildman–Crippen MR) is 76.2 cm³/mol. The minimum absolute atomic E-state index is 0.364. The van der Waals surface area contributed by atoms with Gasteiger partial charge in [-0.05, 0) is 29.7 Å². The van der Waals surface area contributed by atoms with Gasteiger partial charge in [0.2, 0.25) is 0 Å². The third-order valence-electron chi connectivity index (χ3n) is 3.06. The minimum Gasteiger partial charge on any atom is -0.496 e. The summed E-state index contributed by atoms with van der Waals surface area (Å²) >= 11 is 0. The summed E-state index contributed by atoms with van der Waals surface area (Å²) in [5.41, 5.74) is 1.57. The zero-order valence-corrected chi connectivity index (χ0v) is 11.6. The van der Waals surface area contributed by atoms with E-state index in [-0.39, 0.29) is 5.97 Å². The van der Waals surface area contributed by atoms with Crippen LogP contribution in [0.1, 0.15) is 10.4 Å². The average molecular weight is 259 g/mol. The summed E-state index contributed by atoms with van der Waals surface area (Å²) in [5.74, 6) is 0.304. The van der Waals surface area contributed by atoms with Crippen LogP contribution in [0.4, 0.5) is 5.69 Å². The molecule has 0 unspecified atom stereocenters. The van der Waals surface area contributed by atoms with Gasteiger partial charge in [-0.1, -0.05) is 6.07 Å². The maximum absolute atomic E-state index is 11.6. The molecule has 0 aliphatic carbocycles. The summed E-state index contributed by atoms with van der Waals surface area (Å²) < 4.78 is 10.1. The second-order valence-electron chi connectivity index (χ2n) is 4.47. The monoisotopic (exact) mass is 259 g/mol. The van der Waals surface area contributed by atoms with Gasteiger partial charge in [0, 0.05) is 25.2 Å². The molecule has 0 atom stereocenters. The van der Waals surface area contributed by atoms with Gasteiger partial charge in [0.15, 0.2) is 0 Å². The minimum atomic E-state index is -0.364. The highest BCUT2D eigenvalue weighted by Crippen LogP contribution is 2.30. The first-order valence-corrected chi connectivity index (χ1v) is 5.94. The lowest BCUT2D eigenvalue weighted by Crippen LogP contribution is -2.08. The molecule has 0 saturated heterocycles. The molecule has 0 aliphatic rings. The Morgan fingerprint density at radius 2 is 1.84 bits per heavy atom. The van der Waals surface area contributed by atoms with Crippen molar-refractivity contribution in [2.75, 3.05) is 33.2 Å². The molecule has 0 aliphatic heterocycles. The van der Waals surface area contributed by atoms with Crippen LogP contribution in [-0.2, 0) is 4.74 Å². The van der Waals surface area contributed by atoms with Crippen molar-refractivity contribution >= 4 is 22.4 Å². The van der Waals surface area contributed by atoms with E-state index in [4.69, 9.17) is 9.47 Å². The van der Waals surface area contributed by atoms with Gasteiger partial charge in [-0.15, -0.1) is 0 Å². The highest BCUT2D eigenvalue weighted by atomic mass is 16.5. The SMILES string of the molecule is COC(=O)c1cc(OC)c2cc(N(C)C)ccc2c1.